The van der Waals surface area contributed by atoms with Crippen LogP contribution in [0, 0.1) is 0 Å². The van der Waals surface area contributed by atoms with E-state index in [-0.39, 0.29) is 5.78 Å². The Morgan fingerprint density at radius 2 is 1.19 bits per heavy atom. The second-order valence-corrected chi connectivity index (χ2v) is 10.7. The molecule has 31 heavy (non-hydrogen) atoms. The fourth-order valence-electron chi connectivity index (χ4n) is 4.02. The van der Waals surface area contributed by atoms with E-state index in [0.29, 0.717) is 6.54 Å². The number of nitrogens with two attached hydrogens (primary N) is 1. The van der Waals surface area contributed by atoms with Crippen molar-refractivity contribution >= 4 is 23.4 Å². The first-order chi connectivity index (χ1) is 15.1. The van der Waals surface area contributed by atoms with Gasteiger partial charge in [-0.1, -0.05) is 103 Å². The van der Waals surface area contributed by atoms with Crippen molar-refractivity contribution in [3.05, 3.63) is 115 Å². The topological polar surface area (TPSA) is 55.1 Å². The summed E-state index contributed by atoms with van der Waals surface area (Å²) in [7, 11) is -2.95. The highest BCUT2D eigenvalue weighted by Gasteiger charge is 2.34. The van der Waals surface area contributed by atoms with Gasteiger partial charge in [0, 0.05) is 28.4 Å². The Morgan fingerprint density at radius 1 is 0.710 bits per heavy atom. The van der Waals surface area contributed by atoms with E-state index in [2.05, 4.69) is 17.4 Å². The van der Waals surface area contributed by atoms with E-state index >= 15 is 0 Å². The van der Waals surface area contributed by atoms with E-state index in [4.69, 9.17) is 5.73 Å². The summed E-state index contributed by atoms with van der Waals surface area (Å²) in [5.74, 6) is -0.302. The first kappa shape index (κ1) is 21.1. The molecule has 4 aromatic carbocycles. The van der Waals surface area contributed by atoms with Gasteiger partial charge in [-0.2, -0.15) is 0 Å². The highest BCUT2D eigenvalue weighted by molar-refractivity contribution is 7.79. The number of rotatable bonds is 7. The summed E-state index contributed by atoms with van der Waals surface area (Å²) in [6, 6.07) is 35.8. The Hall–Kier alpha value is -3.13. The van der Waals surface area contributed by atoms with E-state index in [1.54, 1.807) is 0 Å². The SMILES string of the molecule is CC(Nc1ccccc1-c1ccccc1CN)P(=O)(c1ccccc1)c1ccccc1. The van der Waals surface area contributed by atoms with Crippen LogP contribution in [-0.2, 0) is 11.1 Å². The van der Waals surface area contributed by atoms with Crippen LogP contribution in [0.2, 0.25) is 0 Å². The molecular formula is C27H27N2OP. The van der Waals surface area contributed by atoms with Crippen LogP contribution in [0.5, 0.6) is 0 Å². The van der Waals surface area contributed by atoms with Gasteiger partial charge in [-0.05, 0) is 24.1 Å². The highest BCUT2D eigenvalue weighted by Crippen LogP contribution is 2.49. The number of nitrogens with one attached hydrogen (secondary N) is 1. The molecule has 0 saturated heterocycles. The van der Waals surface area contributed by atoms with Gasteiger partial charge in [-0.15, -0.1) is 0 Å². The molecule has 4 rings (SSSR count). The minimum absolute atomic E-state index is 0.302. The van der Waals surface area contributed by atoms with Gasteiger partial charge in [0.15, 0.2) is 7.14 Å². The van der Waals surface area contributed by atoms with Crippen LogP contribution in [0.25, 0.3) is 11.1 Å². The molecule has 0 radical (unpaired) electrons. The molecule has 0 aliphatic heterocycles. The average Bonchev–Trinajstić information content (AvgIpc) is 2.85. The van der Waals surface area contributed by atoms with Gasteiger partial charge in [-0.25, -0.2) is 0 Å². The molecule has 4 aromatic rings. The van der Waals surface area contributed by atoms with Gasteiger partial charge in [0.2, 0.25) is 0 Å². The summed E-state index contributed by atoms with van der Waals surface area (Å²) in [5, 5.41) is 5.29. The molecular weight excluding hydrogens is 399 g/mol. The zero-order valence-electron chi connectivity index (χ0n) is 17.6. The van der Waals surface area contributed by atoms with Crippen LogP contribution in [0.4, 0.5) is 5.69 Å². The molecule has 4 heteroatoms. The molecule has 0 saturated carbocycles. The third-order valence-electron chi connectivity index (χ3n) is 5.64. The van der Waals surface area contributed by atoms with Gasteiger partial charge in [0.05, 0.1) is 5.78 Å². The molecule has 0 amide bonds. The summed E-state index contributed by atoms with van der Waals surface area (Å²) in [6.45, 7) is 2.47. The van der Waals surface area contributed by atoms with E-state index in [9.17, 15) is 4.57 Å². The molecule has 0 fully saturated rings. The summed E-state index contributed by atoms with van der Waals surface area (Å²) < 4.78 is 14.6. The maximum absolute atomic E-state index is 14.6. The fourth-order valence-corrected chi connectivity index (χ4v) is 6.76. The fraction of sp³-hybridized carbons (Fsp3) is 0.111. The maximum Gasteiger partial charge on any atom is 0.163 e. The Labute approximate surface area is 184 Å². The maximum atomic E-state index is 14.6. The third-order valence-corrected chi connectivity index (χ3v) is 8.99. The van der Waals surface area contributed by atoms with Crippen LogP contribution in [0.1, 0.15) is 12.5 Å². The lowest BCUT2D eigenvalue weighted by Gasteiger charge is -2.28. The first-order valence-electron chi connectivity index (χ1n) is 10.5. The van der Waals surface area contributed by atoms with Crippen LogP contribution in [0.15, 0.2) is 109 Å². The van der Waals surface area contributed by atoms with Crippen molar-refractivity contribution in [1.82, 2.24) is 0 Å². The molecule has 0 heterocycles. The molecule has 3 N–H and O–H groups in total. The molecule has 0 aromatic heterocycles. The lowest BCUT2D eigenvalue weighted by molar-refractivity contribution is 0.582. The van der Waals surface area contributed by atoms with E-state index < -0.39 is 7.14 Å². The van der Waals surface area contributed by atoms with E-state index in [0.717, 1.165) is 33.0 Å². The zero-order valence-corrected chi connectivity index (χ0v) is 18.5. The molecule has 0 bridgehead atoms. The lowest BCUT2D eigenvalue weighted by atomic mass is 9.98. The first-order valence-corrected chi connectivity index (χ1v) is 12.3. The lowest BCUT2D eigenvalue weighted by Crippen LogP contribution is -2.29. The predicted molar refractivity (Wildman–Crippen MR) is 133 cm³/mol. The number of hydrogen-bond acceptors (Lipinski definition) is 3. The van der Waals surface area contributed by atoms with Gasteiger partial charge < -0.3 is 15.6 Å². The minimum Gasteiger partial charge on any atom is -0.375 e. The number of benzene rings is 4. The molecule has 0 aliphatic rings. The van der Waals surface area contributed by atoms with Crippen molar-refractivity contribution in [3.8, 4) is 11.1 Å². The van der Waals surface area contributed by atoms with Crippen LogP contribution in [0.3, 0.4) is 0 Å². The molecule has 1 atom stereocenters. The molecule has 0 spiro atoms. The second-order valence-electron chi connectivity index (χ2n) is 7.56. The smallest absolute Gasteiger partial charge is 0.163 e. The number of anilines is 1. The summed E-state index contributed by atoms with van der Waals surface area (Å²) in [5.41, 5.74) is 10.2. The van der Waals surface area contributed by atoms with Crippen molar-refractivity contribution in [2.45, 2.75) is 19.3 Å². The molecule has 3 nitrogen and oxygen atoms in total. The quantitative estimate of drug-likeness (QED) is 0.379. The minimum atomic E-state index is -2.95. The molecule has 1 unspecified atom stereocenters. The average molecular weight is 427 g/mol. The summed E-state index contributed by atoms with van der Waals surface area (Å²) >= 11 is 0. The van der Waals surface area contributed by atoms with Crippen molar-refractivity contribution in [2.24, 2.45) is 5.73 Å². The van der Waals surface area contributed by atoms with Gasteiger partial charge in [0.1, 0.15) is 0 Å². The van der Waals surface area contributed by atoms with Crippen molar-refractivity contribution in [3.63, 3.8) is 0 Å². The Morgan fingerprint density at radius 3 is 1.77 bits per heavy atom. The predicted octanol–water partition coefficient (Wildman–Crippen LogP) is 5.58. The van der Waals surface area contributed by atoms with Gasteiger partial charge in [0.25, 0.3) is 0 Å². The van der Waals surface area contributed by atoms with Gasteiger partial charge >= 0.3 is 0 Å². The van der Waals surface area contributed by atoms with E-state index in [1.165, 1.54) is 0 Å². The number of para-hydroxylation sites is 1. The highest BCUT2D eigenvalue weighted by atomic mass is 31.2. The van der Waals surface area contributed by atoms with Crippen molar-refractivity contribution < 1.29 is 4.57 Å². The third kappa shape index (κ3) is 4.20. The van der Waals surface area contributed by atoms with E-state index in [1.807, 2.05) is 104 Å². The Bertz CT molecular complexity index is 1150. The Kier molecular flexibility index (Phi) is 6.36. The largest absolute Gasteiger partial charge is 0.375 e. The summed E-state index contributed by atoms with van der Waals surface area (Å²) in [4.78, 5) is 0. The normalized spacial score (nSPS) is 12.3. The van der Waals surface area contributed by atoms with Gasteiger partial charge in [-0.3, -0.25) is 0 Å². The monoisotopic (exact) mass is 426 g/mol. The van der Waals surface area contributed by atoms with Crippen molar-refractivity contribution in [1.29, 1.82) is 0 Å². The number of hydrogen-bond donors (Lipinski definition) is 2. The van der Waals surface area contributed by atoms with Crippen molar-refractivity contribution in [2.75, 3.05) is 5.32 Å². The van der Waals surface area contributed by atoms with Crippen LogP contribution < -0.4 is 21.7 Å². The Balaban J connectivity index is 1.78. The van der Waals surface area contributed by atoms with Crippen LogP contribution >= 0.6 is 7.14 Å². The zero-order chi connectivity index (χ0) is 21.7. The summed E-state index contributed by atoms with van der Waals surface area (Å²) in [6.07, 6.45) is 0. The van der Waals surface area contributed by atoms with Crippen LogP contribution in [-0.4, -0.2) is 5.78 Å². The standard InChI is InChI=1S/C27H27N2OP/c1-21(31(30,23-13-4-2-5-14-23)24-15-6-3-7-16-24)29-27-19-11-10-18-26(27)25-17-9-8-12-22(25)20-28/h2-19,21,29H,20,28H2,1H3. The molecule has 0 aliphatic carbocycles. The second kappa shape index (κ2) is 9.34. The molecule has 156 valence electrons.